The molecule has 1 aromatic rings. The van der Waals surface area contributed by atoms with Crippen molar-refractivity contribution < 1.29 is 31.9 Å². The highest BCUT2D eigenvalue weighted by Gasteiger charge is 2.41. The predicted molar refractivity (Wildman–Crippen MR) is 60.1 cm³/mol. The molecule has 20 heavy (non-hydrogen) atoms. The van der Waals surface area contributed by atoms with Crippen LogP contribution < -0.4 is 5.32 Å². The molecule has 0 saturated heterocycles. The molecule has 0 aliphatic rings. The van der Waals surface area contributed by atoms with E-state index in [1.807, 2.05) is 0 Å². The zero-order valence-corrected chi connectivity index (χ0v) is 10.6. The lowest BCUT2D eigenvalue weighted by Crippen LogP contribution is -2.50. The highest BCUT2D eigenvalue weighted by Crippen LogP contribution is 2.27. The van der Waals surface area contributed by atoms with Gasteiger partial charge in [-0.3, -0.25) is 5.32 Å². The fourth-order valence-electron chi connectivity index (χ4n) is 1.59. The smallest absolute Gasteiger partial charge is 0.401 e. The number of carboxylic acid groups (broad SMARTS) is 1. The number of alkyl halides is 3. The average Bonchev–Trinajstić information content (AvgIpc) is 2.29. The van der Waals surface area contributed by atoms with Crippen LogP contribution in [0.2, 0.25) is 0 Å². The minimum absolute atomic E-state index is 0.0742. The van der Waals surface area contributed by atoms with Crippen molar-refractivity contribution >= 4 is 5.97 Å². The molecule has 0 aliphatic carbocycles. The van der Waals surface area contributed by atoms with Gasteiger partial charge in [-0.15, -0.1) is 0 Å². The van der Waals surface area contributed by atoms with Crippen molar-refractivity contribution in [3.8, 4) is 0 Å². The standard InChI is InChI=1S/C12H12F5NO2/c1-6-3-9(14)7(4-8(6)13)11(2,10(19)20)18-5-12(15,16)17/h3-4,18H,5H2,1-2H3,(H,19,20). The van der Waals surface area contributed by atoms with Crippen molar-refractivity contribution in [2.24, 2.45) is 0 Å². The molecule has 0 fully saturated rings. The van der Waals surface area contributed by atoms with Crippen LogP contribution in [-0.4, -0.2) is 23.8 Å². The largest absolute Gasteiger partial charge is 0.480 e. The van der Waals surface area contributed by atoms with Gasteiger partial charge in [0.15, 0.2) is 0 Å². The van der Waals surface area contributed by atoms with Crippen LogP contribution in [0.25, 0.3) is 0 Å². The van der Waals surface area contributed by atoms with E-state index in [0.29, 0.717) is 6.07 Å². The summed E-state index contributed by atoms with van der Waals surface area (Å²) in [5, 5.41) is 10.8. The summed E-state index contributed by atoms with van der Waals surface area (Å²) in [5.74, 6) is -3.74. The third-order valence-electron chi connectivity index (χ3n) is 2.86. The van der Waals surface area contributed by atoms with Crippen molar-refractivity contribution in [1.82, 2.24) is 5.32 Å². The van der Waals surface area contributed by atoms with E-state index in [0.717, 1.165) is 13.0 Å². The van der Waals surface area contributed by atoms with Gasteiger partial charge in [-0.1, -0.05) is 0 Å². The van der Waals surface area contributed by atoms with E-state index in [1.54, 1.807) is 5.32 Å². The summed E-state index contributed by atoms with van der Waals surface area (Å²) in [4.78, 5) is 11.2. The van der Waals surface area contributed by atoms with Gasteiger partial charge in [0.05, 0.1) is 6.54 Å². The Morgan fingerprint density at radius 1 is 1.25 bits per heavy atom. The molecule has 0 spiro atoms. The second kappa shape index (κ2) is 5.35. The summed E-state index contributed by atoms with van der Waals surface area (Å²) in [5.41, 5.74) is -3.17. The molecule has 1 aromatic carbocycles. The van der Waals surface area contributed by atoms with Crippen molar-refractivity contribution in [2.45, 2.75) is 25.6 Å². The molecule has 0 saturated carbocycles. The molecule has 1 rings (SSSR count). The molecule has 2 N–H and O–H groups in total. The Morgan fingerprint density at radius 3 is 2.25 bits per heavy atom. The highest BCUT2D eigenvalue weighted by atomic mass is 19.4. The van der Waals surface area contributed by atoms with E-state index in [2.05, 4.69) is 0 Å². The molecule has 0 amide bonds. The van der Waals surface area contributed by atoms with E-state index in [4.69, 9.17) is 5.11 Å². The lowest BCUT2D eigenvalue weighted by Gasteiger charge is -2.28. The lowest BCUT2D eigenvalue weighted by molar-refractivity contribution is -0.150. The number of hydrogen-bond acceptors (Lipinski definition) is 2. The van der Waals surface area contributed by atoms with Gasteiger partial charge in [0, 0.05) is 5.56 Å². The zero-order valence-electron chi connectivity index (χ0n) is 10.6. The molecule has 0 heterocycles. The number of carbonyl (C=O) groups is 1. The van der Waals surface area contributed by atoms with Crippen LogP contribution in [-0.2, 0) is 10.3 Å². The van der Waals surface area contributed by atoms with Crippen molar-refractivity contribution in [1.29, 1.82) is 0 Å². The Kier molecular flexibility index (Phi) is 4.38. The van der Waals surface area contributed by atoms with Gasteiger partial charge < -0.3 is 5.11 Å². The van der Waals surface area contributed by atoms with E-state index >= 15 is 0 Å². The number of halogens is 5. The summed E-state index contributed by atoms with van der Waals surface area (Å²) in [6.07, 6.45) is -4.68. The maximum absolute atomic E-state index is 13.8. The normalized spacial score (nSPS) is 14.9. The third-order valence-corrected chi connectivity index (χ3v) is 2.86. The van der Waals surface area contributed by atoms with Gasteiger partial charge in [-0.05, 0) is 31.5 Å². The lowest BCUT2D eigenvalue weighted by atomic mass is 9.90. The molecule has 112 valence electrons. The van der Waals surface area contributed by atoms with Gasteiger partial charge in [0.25, 0.3) is 0 Å². The summed E-state index contributed by atoms with van der Waals surface area (Å²) in [7, 11) is 0. The summed E-state index contributed by atoms with van der Waals surface area (Å²) in [6, 6.07) is 1.32. The van der Waals surface area contributed by atoms with Crippen LogP contribution in [0.5, 0.6) is 0 Å². The molecular formula is C12H12F5NO2. The molecule has 0 aliphatic heterocycles. The Morgan fingerprint density at radius 2 is 1.80 bits per heavy atom. The number of benzene rings is 1. The van der Waals surface area contributed by atoms with E-state index in [1.165, 1.54) is 6.92 Å². The quantitative estimate of drug-likeness (QED) is 0.840. The van der Waals surface area contributed by atoms with E-state index in [-0.39, 0.29) is 5.56 Å². The van der Waals surface area contributed by atoms with Crippen LogP contribution in [0.15, 0.2) is 12.1 Å². The first-order chi connectivity index (χ1) is 8.97. The topological polar surface area (TPSA) is 49.3 Å². The predicted octanol–water partition coefficient (Wildman–Crippen LogP) is 2.72. The Balaban J connectivity index is 3.26. The first kappa shape index (κ1) is 16.4. The summed E-state index contributed by atoms with van der Waals surface area (Å²) < 4.78 is 63.7. The number of aliphatic carboxylic acids is 1. The Hall–Kier alpha value is -1.70. The first-order valence-electron chi connectivity index (χ1n) is 5.48. The van der Waals surface area contributed by atoms with Crippen LogP contribution in [0, 0.1) is 18.6 Å². The molecule has 8 heteroatoms. The van der Waals surface area contributed by atoms with Gasteiger partial charge in [0.2, 0.25) is 0 Å². The van der Waals surface area contributed by atoms with Gasteiger partial charge in [-0.2, -0.15) is 13.2 Å². The first-order valence-corrected chi connectivity index (χ1v) is 5.48. The monoisotopic (exact) mass is 297 g/mol. The van der Waals surface area contributed by atoms with Gasteiger partial charge >= 0.3 is 12.1 Å². The van der Waals surface area contributed by atoms with Crippen LogP contribution in [0.3, 0.4) is 0 Å². The Bertz CT molecular complexity index is 529. The minimum Gasteiger partial charge on any atom is -0.480 e. The van der Waals surface area contributed by atoms with Crippen molar-refractivity contribution in [2.75, 3.05) is 6.54 Å². The molecule has 1 unspecified atom stereocenters. The molecule has 0 aromatic heterocycles. The highest BCUT2D eigenvalue weighted by molar-refractivity contribution is 5.80. The molecule has 0 radical (unpaired) electrons. The van der Waals surface area contributed by atoms with E-state index in [9.17, 15) is 26.7 Å². The van der Waals surface area contributed by atoms with Crippen LogP contribution in [0.4, 0.5) is 22.0 Å². The molecule has 3 nitrogen and oxygen atoms in total. The number of carboxylic acids is 1. The summed E-state index contributed by atoms with van der Waals surface area (Å²) in [6.45, 7) is 0.447. The Labute approximate surface area is 111 Å². The number of nitrogens with one attached hydrogen (secondary N) is 1. The molecular weight excluding hydrogens is 285 g/mol. The average molecular weight is 297 g/mol. The number of aryl methyl sites for hydroxylation is 1. The maximum Gasteiger partial charge on any atom is 0.401 e. The van der Waals surface area contributed by atoms with Crippen molar-refractivity contribution in [3.05, 3.63) is 34.9 Å². The van der Waals surface area contributed by atoms with Gasteiger partial charge in [0.1, 0.15) is 17.2 Å². The third kappa shape index (κ3) is 3.44. The van der Waals surface area contributed by atoms with Crippen molar-refractivity contribution in [3.63, 3.8) is 0 Å². The fourth-order valence-corrected chi connectivity index (χ4v) is 1.59. The van der Waals surface area contributed by atoms with E-state index < -0.39 is 41.4 Å². The zero-order chi connectivity index (χ0) is 15.7. The maximum atomic E-state index is 13.8. The minimum atomic E-state index is -4.68. The second-order valence-corrected chi connectivity index (χ2v) is 4.48. The molecule has 1 atom stereocenters. The molecule has 0 bridgehead atoms. The van der Waals surface area contributed by atoms with Gasteiger partial charge in [-0.25, -0.2) is 13.6 Å². The van der Waals surface area contributed by atoms with Crippen LogP contribution >= 0.6 is 0 Å². The SMILES string of the molecule is Cc1cc(F)c(C(C)(NCC(F)(F)F)C(=O)O)cc1F. The fraction of sp³-hybridized carbons (Fsp3) is 0.417. The van der Waals surface area contributed by atoms with Crippen LogP contribution in [0.1, 0.15) is 18.1 Å². The summed E-state index contributed by atoms with van der Waals surface area (Å²) >= 11 is 0. The number of rotatable bonds is 4. The second-order valence-electron chi connectivity index (χ2n) is 4.48. The number of hydrogen-bond donors (Lipinski definition) is 2.